The Morgan fingerprint density at radius 1 is 1.50 bits per heavy atom. The first-order chi connectivity index (χ1) is 9.56. The molecule has 0 bridgehead atoms. The third kappa shape index (κ3) is 3.91. The average Bonchev–Trinajstić information content (AvgIpc) is 2.98. The van der Waals surface area contributed by atoms with Crippen molar-refractivity contribution in [2.45, 2.75) is 26.3 Å². The van der Waals surface area contributed by atoms with Gasteiger partial charge in [0.05, 0.1) is 5.01 Å². The summed E-state index contributed by atoms with van der Waals surface area (Å²) in [6, 6.07) is 0.251. The van der Waals surface area contributed by atoms with Crippen molar-refractivity contribution in [1.29, 1.82) is 0 Å². The quantitative estimate of drug-likeness (QED) is 0.758. The molecule has 6 nitrogen and oxygen atoms in total. The Labute approximate surface area is 125 Å². The lowest BCUT2D eigenvalue weighted by atomic mass is 10.4. The highest BCUT2D eigenvalue weighted by Crippen LogP contribution is 2.25. The van der Waals surface area contributed by atoms with Crippen molar-refractivity contribution >= 4 is 39.5 Å². The maximum absolute atomic E-state index is 12.0. The van der Waals surface area contributed by atoms with Crippen molar-refractivity contribution in [1.82, 2.24) is 15.3 Å². The van der Waals surface area contributed by atoms with E-state index in [-0.39, 0.29) is 17.8 Å². The number of nitrogen functional groups attached to an aromatic ring is 1. The summed E-state index contributed by atoms with van der Waals surface area (Å²) in [5, 5.41) is 9.57. The first kappa shape index (κ1) is 14.7. The lowest BCUT2D eigenvalue weighted by Crippen LogP contribution is -2.25. The predicted octanol–water partition coefficient (Wildman–Crippen LogP) is 1.97. The van der Waals surface area contributed by atoms with E-state index in [1.54, 1.807) is 17.5 Å². The van der Waals surface area contributed by atoms with Crippen LogP contribution in [-0.2, 0) is 6.42 Å². The molecule has 2 heterocycles. The van der Waals surface area contributed by atoms with E-state index in [1.165, 1.54) is 11.3 Å². The fourth-order valence-corrected chi connectivity index (χ4v) is 3.11. The molecule has 0 saturated heterocycles. The SMILES string of the molecule is CC(C)Nc1nc(N)c(C(=O)NCCc2nccs2)s1. The fraction of sp³-hybridized carbons (Fsp3) is 0.417. The Morgan fingerprint density at radius 2 is 2.30 bits per heavy atom. The van der Waals surface area contributed by atoms with E-state index in [0.29, 0.717) is 16.6 Å². The second kappa shape index (κ2) is 6.67. The van der Waals surface area contributed by atoms with Gasteiger partial charge in [-0.2, -0.15) is 0 Å². The Balaban J connectivity index is 1.90. The number of amides is 1. The van der Waals surface area contributed by atoms with Gasteiger partial charge in [-0.25, -0.2) is 9.97 Å². The highest BCUT2D eigenvalue weighted by Gasteiger charge is 2.16. The Kier molecular flexibility index (Phi) is 4.91. The van der Waals surface area contributed by atoms with Gasteiger partial charge in [-0.1, -0.05) is 11.3 Å². The minimum Gasteiger partial charge on any atom is -0.382 e. The summed E-state index contributed by atoms with van der Waals surface area (Å²) in [6.45, 7) is 4.55. The zero-order valence-electron chi connectivity index (χ0n) is 11.3. The minimum absolute atomic E-state index is 0.187. The monoisotopic (exact) mass is 311 g/mol. The highest BCUT2D eigenvalue weighted by molar-refractivity contribution is 7.18. The normalized spacial score (nSPS) is 10.8. The number of aromatic nitrogens is 2. The number of carbonyl (C=O) groups is 1. The number of nitrogens with zero attached hydrogens (tertiary/aromatic N) is 2. The molecule has 1 amide bonds. The summed E-state index contributed by atoms with van der Waals surface area (Å²) in [5.74, 6) is 0.0817. The Bertz CT molecular complexity index is 564. The zero-order chi connectivity index (χ0) is 14.5. The molecule has 0 aliphatic carbocycles. The summed E-state index contributed by atoms with van der Waals surface area (Å²) in [6.07, 6.45) is 2.48. The molecule has 0 radical (unpaired) electrons. The van der Waals surface area contributed by atoms with E-state index >= 15 is 0 Å². The summed E-state index contributed by atoms with van der Waals surface area (Å²) in [5.41, 5.74) is 5.77. The Morgan fingerprint density at radius 3 is 2.95 bits per heavy atom. The summed E-state index contributed by atoms with van der Waals surface area (Å²) < 4.78 is 0. The smallest absolute Gasteiger partial charge is 0.265 e. The minimum atomic E-state index is -0.187. The molecular formula is C12H17N5OS2. The van der Waals surface area contributed by atoms with Crippen molar-refractivity contribution in [2.24, 2.45) is 0 Å². The van der Waals surface area contributed by atoms with Gasteiger partial charge in [0.1, 0.15) is 10.7 Å². The lowest BCUT2D eigenvalue weighted by molar-refractivity contribution is 0.0959. The molecule has 0 fully saturated rings. The van der Waals surface area contributed by atoms with E-state index < -0.39 is 0 Å². The topological polar surface area (TPSA) is 92.9 Å². The fourth-order valence-electron chi connectivity index (χ4n) is 1.54. The molecule has 0 saturated carbocycles. The summed E-state index contributed by atoms with van der Waals surface area (Å²) in [4.78, 5) is 20.8. The van der Waals surface area contributed by atoms with Crippen LogP contribution in [0.15, 0.2) is 11.6 Å². The van der Waals surface area contributed by atoms with Crippen LogP contribution in [0.4, 0.5) is 10.9 Å². The number of hydrogen-bond donors (Lipinski definition) is 3. The number of nitrogens with one attached hydrogen (secondary N) is 2. The van der Waals surface area contributed by atoms with Crippen LogP contribution in [0.2, 0.25) is 0 Å². The standard InChI is InChI=1S/C12H17N5OS2/c1-7(2)16-12-17-10(13)9(20-12)11(18)15-4-3-8-14-5-6-19-8/h5-7H,3-4,13H2,1-2H3,(H,15,18)(H,16,17). The number of hydrogen-bond acceptors (Lipinski definition) is 7. The molecule has 0 atom stereocenters. The second-order valence-corrected chi connectivity index (χ2v) is 6.44. The van der Waals surface area contributed by atoms with Crippen LogP contribution in [0.25, 0.3) is 0 Å². The van der Waals surface area contributed by atoms with Gasteiger partial charge < -0.3 is 16.4 Å². The van der Waals surface area contributed by atoms with Crippen LogP contribution in [0.3, 0.4) is 0 Å². The largest absolute Gasteiger partial charge is 0.382 e. The van der Waals surface area contributed by atoms with Crippen molar-refractivity contribution in [3.63, 3.8) is 0 Å². The summed E-state index contributed by atoms with van der Waals surface area (Å²) >= 11 is 2.85. The maximum Gasteiger partial charge on any atom is 0.265 e. The molecule has 0 spiro atoms. The lowest BCUT2D eigenvalue weighted by Gasteiger charge is -2.04. The van der Waals surface area contributed by atoms with Crippen LogP contribution in [0.5, 0.6) is 0 Å². The molecule has 2 aromatic heterocycles. The number of carbonyl (C=O) groups excluding carboxylic acids is 1. The van der Waals surface area contributed by atoms with Gasteiger partial charge >= 0.3 is 0 Å². The number of thiazole rings is 2. The molecule has 0 unspecified atom stereocenters. The van der Waals surface area contributed by atoms with E-state index in [2.05, 4.69) is 20.6 Å². The third-order valence-corrected chi connectivity index (χ3v) is 4.22. The predicted molar refractivity (Wildman–Crippen MR) is 83.4 cm³/mol. The van der Waals surface area contributed by atoms with Gasteiger partial charge in [0.2, 0.25) is 0 Å². The molecular weight excluding hydrogens is 294 g/mol. The molecule has 2 rings (SSSR count). The van der Waals surface area contributed by atoms with Crippen molar-refractivity contribution in [2.75, 3.05) is 17.6 Å². The van der Waals surface area contributed by atoms with Gasteiger partial charge in [-0.15, -0.1) is 11.3 Å². The highest BCUT2D eigenvalue weighted by atomic mass is 32.1. The van der Waals surface area contributed by atoms with Crippen LogP contribution in [0.1, 0.15) is 28.5 Å². The molecule has 0 aliphatic rings. The average molecular weight is 311 g/mol. The third-order valence-electron chi connectivity index (χ3n) is 2.38. The van der Waals surface area contributed by atoms with E-state index in [4.69, 9.17) is 5.73 Å². The number of nitrogens with two attached hydrogens (primary N) is 1. The van der Waals surface area contributed by atoms with Gasteiger partial charge in [0, 0.05) is 30.6 Å². The second-order valence-electron chi connectivity index (χ2n) is 4.46. The first-order valence-electron chi connectivity index (χ1n) is 6.25. The van der Waals surface area contributed by atoms with E-state index in [1.807, 2.05) is 19.2 Å². The molecule has 2 aromatic rings. The van der Waals surface area contributed by atoms with Gasteiger partial charge in [-0.3, -0.25) is 4.79 Å². The van der Waals surface area contributed by atoms with Crippen LogP contribution in [-0.4, -0.2) is 28.5 Å². The molecule has 8 heteroatoms. The molecule has 20 heavy (non-hydrogen) atoms. The maximum atomic E-state index is 12.0. The zero-order valence-corrected chi connectivity index (χ0v) is 13.0. The molecule has 108 valence electrons. The van der Waals surface area contributed by atoms with Crippen molar-refractivity contribution < 1.29 is 4.79 Å². The summed E-state index contributed by atoms with van der Waals surface area (Å²) in [7, 11) is 0. The van der Waals surface area contributed by atoms with E-state index in [9.17, 15) is 4.79 Å². The van der Waals surface area contributed by atoms with Gasteiger partial charge in [0.15, 0.2) is 5.13 Å². The molecule has 0 aliphatic heterocycles. The Hall–Kier alpha value is -1.67. The van der Waals surface area contributed by atoms with E-state index in [0.717, 1.165) is 11.4 Å². The van der Waals surface area contributed by atoms with Crippen LogP contribution < -0.4 is 16.4 Å². The molecule has 4 N–H and O–H groups in total. The van der Waals surface area contributed by atoms with Crippen LogP contribution in [0, 0.1) is 0 Å². The van der Waals surface area contributed by atoms with Gasteiger partial charge in [0.25, 0.3) is 5.91 Å². The van der Waals surface area contributed by atoms with Crippen molar-refractivity contribution in [3.05, 3.63) is 21.5 Å². The van der Waals surface area contributed by atoms with Gasteiger partial charge in [-0.05, 0) is 13.8 Å². The van der Waals surface area contributed by atoms with Crippen molar-refractivity contribution in [3.8, 4) is 0 Å². The van der Waals surface area contributed by atoms with Crippen LogP contribution >= 0.6 is 22.7 Å². The molecule has 0 aromatic carbocycles. The number of rotatable bonds is 6. The first-order valence-corrected chi connectivity index (χ1v) is 7.95. The number of anilines is 2.